The second kappa shape index (κ2) is 8.88. The van der Waals surface area contributed by atoms with Crippen molar-refractivity contribution in [1.29, 1.82) is 0 Å². The van der Waals surface area contributed by atoms with Crippen LogP contribution in [-0.2, 0) is 10.0 Å². The van der Waals surface area contributed by atoms with Crippen molar-refractivity contribution in [3.8, 4) is 5.75 Å². The minimum Gasteiger partial charge on any atom is -0.496 e. The molecule has 0 radical (unpaired) electrons. The summed E-state index contributed by atoms with van der Waals surface area (Å²) < 4.78 is 30.1. The Labute approximate surface area is 138 Å². The standard InChI is InChI=1S/C16H26N2O4S/c1-13(2)9-11-18(23(4,20)21)12-10-17-16(19)14-7-5-6-8-15(14)22-3/h5-8,13H,9-12H2,1-4H3,(H,17,19). The highest BCUT2D eigenvalue weighted by atomic mass is 32.2. The number of ether oxygens (including phenoxy) is 1. The summed E-state index contributed by atoms with van der Waals surface area (Å²) in [6, 6.07) is 6.91. The summed E-state index contributed by atoms with van der Waals surface area (Å²) in [6.07, 6.45) is 1.98. The Morgan fingerprint density at radius 3 is 2.48 bits per heavy atom. The van der Waals surface area contributed by atoms with Gasteiger partial charge in [-0.15, -0.1) is 0 Å². The molecule has 0 aliphatic rings. The number of carbonyl (C=O) groups is 1. The van der Waals surface area contributed by atoms with Gasteiger partial charge in [0.15, 0.2) is 0 Å². The molecular formula is C16H26N2O4S. The molecule has 1 aromatic carbocycles. The van der Waals surface area contributed by atoms with E-state index < -0.39 is 10.0 Å². The van der Waals surface area contributed by atoms with Crippen LogP contribution >= 0.6 is 0 Å². The van der Waals surface area contributed by atoms with Crippen LogP contribution in [0.4, 0.5) is 0 Å². The lowest BCUT2D eigenvalue weighted by molar-refractivity contribution is 0.0948. The van der Waals surface area contributed by atoms with Gasteiger partial charge in [0.1, 0.15) is 5.75 Å². The van der Waals surface area contributed by atoms with Crippen molar-refractivity contribution in [1.82, 2.24) is 9.62 Å². The van der Waals surface area contributed by atoms with Crippen molar-refractivity contribution in [2.75, 3.05) is 33.0 Å². The zero-order chi connectivity index (χ0) is 17.5. The Morgan fingerprint density at radius 1 is 1.26 bits per heavy atom. The molecule has 0 atom stereocenters. The zero-order valence-electron chi connectivity index (χ0n) is 14.2. The molecule has 7 heteroatoms. The van der Waals surface area contributed by atoms with Gasteiger partial charge in [-0.05, 0) is 24.5 Å². The molecule has 1 amide bonds. The molecular weight excluding hydrogens is 316 g/mol. The van der Waals surface area contributed by atoms with Crippen LogP contribution in [0, 0.1) is 5.92 Å². The van der Waals surface area contributed by atoms with E-state index in [1.54, 1.807) is 24.3 Å². The lowest BCUT2D eigenvalue weighted by Crippen LogP contribution is -2.39. The molecule has 0 saturated heterocycles. The van der Waals surface area contributed by atoms with Crippen molar-refractivity contribution < 1.29 is 17.9 Å². The number of hydrogen-bond donors (Lipinski definition) is 1. The number of nitrogens with zero attached hydrogens (tertiary/aromatic N) is 1. The van der Waals surface area contributed by atoms with Gasteiger partial charge >= 0.3 is 0 Å². The van der Waals surface area contributed by atoms with Gasteiger partial charge in [-0.2, -0.15) is 0 Å². The second-order valence-electron chi connectivity index (χ2n) is 5.80. The van der Waals surface area contributed by atoms with E-state index in [-0.39, 0.29) is 19.0 Å². The van der Waals surface area contributed by atoms with Crippen LogP contribution in [0.25, 0.3) is 0 Å². The molecule has 1 N–H and O–H groups in total. The molecule has 0 bridgehead atoms. The average molecular weight is 342 g/mol. The van der Waals surface area contributed by atoms with Crippen LogP contribution in [0.1, 0.15) is 30.6 Å². The van der Waals surface area contributed by atoms with Gasteiger partial charge in [0.25, 0.3) is 5.91 Å². The molecule has 0 unspecified atom stereocenters. The fourth-order valence-electron chi connectivity index (χ4n) is 2.07. The monoisotopic (exact) mass is 342 g/mol. The van der Waals surface area contributed by atoms with Gasteiger partial charge in [0.2, 0.25) is 10.0 Å². The highest BCUT2D eigenvalue weighted by molar-refractivity contribution is 7.88. The third-order valence-electron chi connectivity index (χ3n) is 3.42. The van der Waals surface area contributed by atoms with Gasteiger partial charge < -0.3 is 10.1 Å². The van der Waals surface area contributed by atoms with E-state index in [1.165, 1.54) is 17.7 Å². The van der Waals surface area contributed by atoms with Crippen LogP contribution < -0.4 is 10.1 Å². The van der Waals surface area contributed by atoms with E-state index in [2.05, 4.69) is 5.32 Å². The van der Waals surface area contributed by atoms with E-state index in [4.69, 9.17) is 4.74 Å². The number of methoxy groups -OCH3 is 1. The number of nitrogens with one attached hydrogen (secondary N) is 1. The molecule has 23 heavy (non-hydrogen) atoms. The Bertz CT molecular complexity index is 614. The first-order chi connectivity index (χ1) is 10.8. The number of amides is 1. The van der Waals surface area contributed by atoms with Crippen LogP contribution in [0.5, 0.6) is 5.75 Å². The van der Waals surface area contributed by atoms with Crippen molar-refractivity contribution in [2.45, 2.75) is 20.3 Å². The first kappa shape index (κ1) is 19.4. The minimum atomic E-state index is -3.28. The first-order valence-electron chi connectivity index (χ1n) is 7.62. The molecule has 6 nitrogen and oxygen atoms in total. The topological polar surface area (TPSA) is 75.7 Å². The number of carbonyl (C=O) groups excluding carboxylic acids is 1. The van der Waals surface area contributed by atoms with E-state index in [0.717, 1.165) is 6.42 Å². The first-order valence-corrected chi connectivity index (χ1v) is 9.47. The molecule has 0 aliphatic heterocycles. The van der Waals surface area contributed by atoms with Crippen LogP contribution in [0.3, 0.4) is 0 Å². The Kier molecular flexibility index (Phi) is 7.51. The molecule has 0 aliphatic carbocycles. The SMILES string of the molecule is COc1ccccc1C(=O)NCCN(CCC(C)C)S(C)(=O)=O. The summed E-state index contributed by atoms with van der Waals surface area (Å²) in [5.41, 5.74) is 0.433. The average Bonchev–Trinajstić information content (AvgIpc) is 2.48. The quantitative estimate of drug-likeness (QED) is 0.741. The molecule has 1 rings (SSSR count). The Hall–Kier alpha value is -1.60. The van der Waals surface area contributed by atoms with E-state index in [9.17, 15) is 13.2 Å². The van der Waals surface area contributed by atoms with Crippen molar-refractivity contribution in [2.24, 2.45) is 5.92 Å². The molecule has 0 heterocycles. The number of sulfonamides is 1. The number of benzene rings is 1. The normalized spacial score (nSPS) is 11.7. The smallest absolute Gasteiger partial charge is 0.255 e. The van der Waals surface area contributed by atoms with Gasteiger partial charge in [0.05, 0.1) is 18.9 Å². The summed E-state index contributed by atoms with van der Waals surface area (Å²) in [7, 11) is -1.78. The fraction of sp³-hybridized carbons (Fsp3) is 0.562. The van der Waals surface area contributed by atoms with Crippen LogP contribution in [-0.4, -0.2) is 51.6 Å². The maximum atomic E-state index is 12.2. The molecule has 0 spiro atoms. The number of rotatable bonds is 9. The molecule has 0 saturated carbocycles. The summed E-state index contributed by atoms with van der Waals surface area (Å²) >= 11 is 0. The fourth-order valence-corrected chi connectivity index (χ4v) is 2.93. The Balaban J connectivity index is 2.60. The molecule has 130 valence electrons. The second-order valence-corrected chi connectivity index (χ2v) is 7.78. The lowest BCUT2D eigenvalue weighted by Gasteiger charge is -2.21. The largest absolute Gasteiger partial charge is 0.496 e. The zero-order valence-corrected chi connectivity index (χ0v) is 15.0. The molecule has 1 aromatic rings. The summed E-state index contributed by atoms with van der Waals surface area (Å²) in [5, 5.41) is 2.74. The van der Waals surface area contributed by atoms with Crippen LogP contribution in [0.2, 0.25) is 0 Å². The molecule has 0 aromatic heterocycles. The van der Waals surface area contributed by atoms with E-state index >= 15 is 0 Å². The highest BCUT2D eigenvalue weighted by Crippen LogP contribution is 2.16. The van der Waals surface area contributed by atoms with Crippen molar-refractivity contribution in [3.05, 3.63) is 29.8 Å². The lowest BCUT2D eigenvalue weighted by atomic mass is 10.1. The predicted octanol–water partition coefficient (Wildman–Crippen LogP) is 1.73. The third-order valence-corrected chi connectivity index (χ3v) is 4.73. The predicted molar refractivity (Wildman–Crippen MR) is 91.2 cm³/mol. The maximum absolute atomic E-state index is 12.2. The third kappa shape index (κ3) is 6.58. The highest BCUT2D eigenvalue weighted by Gasteiger charge is 2.17. The van der Waals surface area contributed by atoms with Gasteiger partial charge in [0, 0.05) is 19.6 Å². The maximum Gasteiger partial charge on any atom is 0.255 e. The van der Waals surface area contributed by atoms with E-state index in [1.807, 2.05) is 13.8 Å². The number of para-hydroxylation sites is 1. The van der Waals surface area contributed by atoms with Gasteiger partial charge in [-0.25, -0.2) is 12.7 Å². The minimum absolute atomic E-state index is 0.252. The van der Waals surface area contributed by atoms with Gasteiger partial charge in [-0.1, -0.05) is 26.0 Å². The number of hydrogen-bond acceptors (Lipinski definition) is 4. The van der Waals surface area contributed by atoms with Crippen LogP contribution in [0.15, 0.2) is 24.3 Å². The van der Waals surface area contributed by atoms with Crippen molar-refractivity contribution >= 4 is 15.9 Å². The van der Waals surface area contributed by atoms with Crippen molar-refractivity contribution in [3.63, 3.8) is 0 Å². The summed E-state index contributed by atoms with van der Waals surface area (Å²) in [5.74, 6) is 0.631. The van der Waals surface area contributed by atoms with Gasteiger partial charge in [-0.3, -0.25) is 4.79 Å². The summed E-state index contributed by atoms with van der Waals surface area (Å²) in [6.45, 7) is 5.06. The molecule has 0 fully saturated rings. The summed E-state index contributed by atoms with van der Waals surface area (Å²) in [4.78, 5) is 12.2. The Morgan fingerprint density at radius 2 is 1.91 bits per heavy atom. The van der Waals surface area contributed by atoms with E-state index in [0.29, 0.717) is 23.8 Å².